The van der Waals surface area contributed by atoms with Gasteiger partial charge in [-0.25, -0.2) is 0 Å². The molecule has 0 bridgehead atoms. The lowest BCUT2D eigenvalue weighted by Gasteiger charge is -2.50. The van der Waals surface area contributed by atoms with Crippen LogP contribution >= 0.6 is 0 Å². The molecule has 0 amide bonds. The molecule has 0 radical (unpaired) electrons. The molecule has 102 heavy (non-hydrogen) atoms. The second-order valence-corrected chi connectivity index (χ2v) is 30.8. The first kappa shape index (κ1) is 88.7. The van der Waals surface area contributed by atoms with Gasteiger partial charge in [0, 0.05) is 54.8 Å². The summed E-state index contributed by atoms with van der Waals surface area (Å²) in [7, 11) is 7.09. The molecule has 6 rings (SSSR count). The molecule has 6 aliphatic heterocycles. The molecular weight excluding hydrogens is 1330 g/mol. The van der Waals surface area contributed by atoms with Crippen molar-refractivity contribution in [3.8, 4) is 0 Å². The molecule has 0 aliphatic carbocycles. The van der Waals surface area contributed by atoms with Crippen LogP contribution in [0.15, 0.2) is 47.6 Å². The molecule has 0 spiro atoms. The van der Waals surface area contributed by atoms with E-state index in [9.17, 15) is 75.0 Å². The number of ether oxygens (including phenoxy) is 10. The van der Waals surface area contributed by atoms with Gasteiger partial charge in [-0.15, -0.1) is 0 Å². The van der Waals surface area contributed by atoms with Crippen LogP contribution in [0.5, 0.6) is 0 Å². The van der Waals surface area contributed by atoms with Gasteiger partial charge in [-0.05, 0) is 133 Å². The van der Waals surface area contributed by atoms with Gasteiger partial charge >= 0.3 is 11.9 Å². The average molecular weight is 1460 g/mol. The van der Waals surface area contributed by atoms with Gasteiger partial charge in [0.2, 0.25) is 0 Å². The van der Waals surface area contributed by atoms with E-state index >= 15 is 0 Å². The van der Waals surface area contributed by atoms with Gasteiger partial charge in [0.25, 0.3) is 0 Å². The van der Waals surface area contributed by atoms with Crippen LogP contribution < -0.4 is 0 Å². The van der Waals surface area contributed by atoms with Gasteiger partial charge in [-0.3, -0.25) is 19.2 Å². The molecule has 0 aromatic rings. The normalized spacial score (nSPS) is 45.5. The molecule has 586 valence electrons. The number of aliphatic hydroxyl groups excluding tert-OH is 8. The highest BCUT2D eigenvalue weighted by atomic mass is 16.7. The summed E-state index contributed by atoms with van der Waals surface area (Å²) >= 11 is 0. The van der Waals surface area contributed by atoms with Crippen LogP contribution in [-0.2, 0) is 71.3 Å². The SMILES string of the molecule is CC[C@H]1OC(=O)C[C@@H](O)[C@H](C)[C@@H](O[C@@H]2OC(C)[C@@H](O[C@H]3CC(C)(O)C(O)[C@@H](C)O3)C(N(C)C)C2O)[C@@H](C)C[C@@H](C)C(=O)/C=C/C(C)=C/[C@@H]1CO.CC[C@H]1OC(=O)C[C@@H](O)[C@H](C)[C@@H](O[C@@H]2OC(C)[C@@H](O[C@H]3CC(C)(O)C(O)[C@@H](C)O3)C(N(C)C)C2O)[C@@H](CC=O)C[C@@H](C)C(=O)/C=C/C(C)=C/[C@@H]1CO. The Hall–Kier alpha value is -3.89. The first-order valence-corrected chi connectivity index (χ1v) is 36.6. The zero-order chi connectivity index (χ0) is 76.7. The number of carbonyl (C=O) groups is 5. The molecule has 6 aliphatic rings. The van der Waals surface area contributed by atoms with E-state index in [1.54, 1.807) is 118 Å². The Kier molecular flexibility index (Phi) is 34.6. The Morgan fingerprint density at radius 1 is 0.529 bits per heavy atom. The first-order valence-electron chi connectivity index (χ1n) is 36.6. The third-order valence-electron chi connectivity index (χ3n) is 21.5. The number of aliphatic hydroxyl groups is 10. The summed E-state index contributed by atoms with van der Waals surface area (Å²) in [4.78, 5) is 68.4. The van der Waals surface area contributed by atoms with Gasteiger partial charge < -0.3 is 113 Å². The van der Waals surface area contributed by atoms with E-state index in [-0.39, 0.29) is 62.8 Å². The number of esters is 2. The molecular formula is C75H126N2O25. The fourth-order valence-electron chi connectivity index (χ4n) is 15.2. The van der Waals surface area contributed by atoms with Crippen molar-refractivity contribution in [3.63, 3.8) is 0 Å². The van der Waals surface area contributed by atoms with E-state index in [4.69, 9.17) is 47.4 Å². The lowest BCUT2D eigenvalue weighted by atomic mass is 9.79. The van der Waals surface area contributed by atoms with Crippen LogP contribution in [0.25, 0.3) is 0 Å². The highest BCUT2D eigenvalue weighted by molar-refractivity contribution is 5.92. The second-order valence-electron chi connectivity index (χ2n) is 30.8. The summed E-state index contributed by atoms with van der Waals surface area (Å²) < 4.78 is 61.5. The summed E-state index contributed by atoms with van der Waals surface area (Å²) in [5.74, 6) is -5.95. The van der Waals surface area contributed by atoms with Crippen molar-refractivity contribution in [2.24, 2.45) is 47.3 Å². The smallest absolute Gasteiger partial charge is 0.308 e. The Bertz CT molecular complexity index is 2780. The van der Waals surface area contributed by atoms with E-state index in [1.165, 1.54) is 26.0 Å². The summed E-state index contributed by atoms with van der Waals surface area (Å²) in [5, 5.41) is 109. The minimum Gasteiger partial charge on any atom is -0.462 e. The van der Waals surface area contributed by atoms with Crippen LogP contribution in [0, 0.1) is 47.3 Å². The van der Waals surface area contributed by atoms with Gasteiger partial charge in [-0.1, -0.05) is 83.9 Å². The van der Waals surface area contributed by atoms with Crippen molar-refractivity contribution >= 4 is 29.8 Å². The van der Waals surface area contributed by atoms with Gasteiger partial charge in [-0.2, -0.15) is 0 Å². The summed E-state index contributed by atoms with van der Waals surface area (Å²) in [5.41, 5.74) is -1.47. The number of likely N-dealkylation sites (N-methyl/N-ethyl adjacent to an activating group) is 2. The van der Waals surface area contributed by atoms with Crippen molar-refractivity contribution in [1.82, 2.24) is 9.80 Å². The second kappa shape index (κ2) is 39.8. The van der Waals surface area contributed by atoms with Crippen molar-refractivity contribution in [2.75, 3.05) is 41.4 Å². The van der Waals surface area contributed by atoms with Crippen molar-refractivity contribution in [3.05, 3.63) is 47.6 Å². The number of hydrogen-bond donors (Lipinski definition) is 10. The van der Waals surface area contributed by atoms with Gasteiger partial charge in [0.05, 0.1) is 98.2 Å². The third-order valence-corrected chi connectivity index (χ3v) is 21.5. The summed E-state index contributed by atoms with van der Waals surface area (Å²) in [6, 6.07) is -1.37. The molecule has 6 heterocycles. The third kappa shape index (κ3) is 23.8. The molecule has 10 unspecified atom stereocenters. The van der Waals surface area contributed by atoms with E-state index in [1.807, 2.05) is 34.6 Å². The van der Waals surface area contributed by atoms with Crippen LogP contribution in [0.4, 0.5) is 0 Å². The Labute approximate surface area is 603 Å². The maximum absolute atomic E-state index is 13.3. The first-order chi connectivity index (χ1) is 47.6. The molecule has 4 fully saturated rings. The molecule has 0 saturated carbocycles. The predicted molar refractivity (Wildman–Crippen MR) is 374 cm³/mol. The molecule has 27 nitrogen and oxygen atoms in total. The predicted octanol–water partition coefficient (Wildman–Crippen LogP) is 3.78. The molecule has 27 heteroatoms. The fourth-order valence-corrected chi connectivity index (χ4v) is 15.2. The Morgan fingerprint density at radius 3 is 1.25 bits per heavy atom. The van der Waals surface area contributed by atoms with E-state index < -0.39 is 206 Å². The summed E-state index contributed by atoms with van der Waals surface area (Å²) in [6.45, 7) is 25.5. The molecule has 10 N–H and O–H groups in total. The number of nitrogens with zero attached hydrogens (tertiary/aromatic N) is 2. The van der Waals surface area contributed by atoms with E-state index in [0.717, 1.165) is 11.9 Å². The van der Waals surface area contributed by atoms with Crippen molar-refractivity contribution < 1.29 is 122 Å². The molecule has 32 atom stereocenters. The number of ketones is 2. The Balaban J connectivity index is 0.000000367. The highest BCUT2D eigenvalue weighted by Gasteiger charge is 2.54. The van der Waals surface area contributed by atoms with Crippen LogP contribution in [0.2, 0.25) is 0 Å². The van der Waals surface area contributed by atoms with Crippen molar-refractivity contribution in [1.29, 1.82) is 0 Å². The molecule has 0 aromatic heterocycles. The zero-order valence-electron chi connectivity index (χ0n) is 63.6. The Morgan fingerprint density at radius 2 is 0.902 bits per heavy atom. The molecule has 4 saturated heterocycles. The molecule has 0 aromatic carbocycles. The maximum atomic E-state index is 13.3. The minimum absolute atomic E-state index is 0.0108. The largest absolute Gasteiger partial charge is 0.462 e. The number of carbonyl (C=O) groups excluding carboxylic acids is 5. The number of rotatable bonds is 16. The number of hydrogen-bond acceptors (Lipinski definition) is 27. The zero-order valence-corrected chi connectivity index (χ0v) is 63.6. The van der Waals surface area contributed by atoms with Crippen LogP contribution in [0.3, 0.4) is 0 Å². The van der Waals surface area contributed by atoms with Crippen molar-refractivity contribution in [2.45, 2.75) is 308 Å². The minimum atomic E-state index is -1.47. The quantitative estimate of drug-likeness (QED) is 0.0776. The van der Waals surface area contributed by atoms with Crippen LogP contribution in [0.1, 0.15) is 162 Å². The average Bonchev–Trinajstić information content (AvgIpc) is 0.783. The van der Waals surface area contributed by atoms with Gasteiger partial charge in [0.15, 0.2) is 36.7 Å². The lowest BCUT2D eigenvalue weighted by molar-refractivity contribution is -0.341. The lowest BCUT2D eigenvalue weighted by Crippen LogP contribution is -2.65. The van der Waals surface area contributed by atoms with E-state index in [0.29, 0.717) is 24.8 Å². The highest BCUT2D eigenvalue weighted by Crippen LogP contribution is 2.40. The topological polar surface area (TPSA) is 386 Å². The standard InChI is InChI=1S/C38H63NO13.C37H63NO12/c1-10-29-26(19-41)15-20(2)11-12-27(42)21(3)16-25(13-14-40)34(22(4)28(43)17-30(44)50-29)52-37-33(45)32(39(8)9)35(23(5)49-37)51-31-18-38(7,47)36(46)24(6)48-31;1-11-28-25(18-39)14-19(2)12-13-26(40)20(3)15-21(4)33(22(5)27(41)16-29(42)48-28)50-36-32(43)31(38(9)10)34(23(6)47-36)49-30-17-37(8,45)35(44)24(7)46-30/h11-12,14-15,21-26,28-29,31-37,41,43,45-47H,10,13,16-19H2,1-9H3;12-14,20-25,27-28,30-36,39,41,43-45H,11,15-18H2,1-10H3/b12-11+,20-15+;13-12+,19-14+/t21-,22+,23?,24-,25+,26-,28-,29-,31+,32?,33?,34-,35-,36?,37+,38?;20-,21+,22+,23?,24-,25-,27-,28-,30+,31?,32?,33+,34-,35?,36+,37?/m11/s1. The number of aldehydes is 1. The summed E-state index contributed by atoms with van der Waals surface area (Å²) in [6.07, 6.45) is -7.54. The maximum Gasteiger partial charge on any atom is 0.308 e. The number of allylic oxidation sites excluding steroid dienone is 6. The number of cyclic esters (lactones) is 2. The fraction of sp³-hybridized carbons (Fsp3) is 0.827. The monoisotopic (exact) mass is 1450 g/mol. The van der Waals surface area contributed by atoms with E-state index in [2.05, 4.69) is 0 Å². The van der Waals surface area contributed by atoms with Crippen LogP contribution in [-0.4, -0.2) is 278 Å². The van der Waals surface area contributed by atoms with Gasteiger partial charge in [0.1, 0.15) is 55.1 Å².